The molecule has 2 unspecified atom stereocenters. The van der Waals surface area contributed by atoms with E-state index in [1.807, 2.05) is 13.0 Å². The molecule has 0 bridgehead atoms. The molecule has 2 aromatic rings. The van der Waals surface area contributed by atoms with Crippen molar-refractivity contribution in [1.29, 1.82) is 0 Å². The summed E-state index contributed by atoms with van der Waals surface area (Å²) in [4.78, 5) is 15.0. The summed E-state index contributed by atoms with van der Waals surface area (Å²) < 4.78 is 25.4. The zero-order chi connectivity index (χ0) is 20.6. The molecule has 0 aliphatic carbocycles. The van der Waals surface area contributed by atoms with Crippen LogP contribution < -0.4 is 5.32 Å². The molecule has 2 saturated heterocycles. The van der Waals surface area contributed by atoms with Crippen molar-refractivity contribution in [3.8, 4) is 0 Å². The highest BCUT2D eigenvalue weighted by molar-refractivity contribution is 7.91. The summed E-state index contributed by atoms with van der Waals surface area (Å²) in [5.41, 5.74) is 3.25. The first-order valence-electron chi connectivity index (χ1n) is 10.2. The second kappa shape index (κ2) is 7.91. The van der Waals surface area contributed by atoms with Crippen LogP contribution in [0.2, 0.25) is 0 Å². The molecule has 156 valence electrons. The van der Waals surface area contributed by atoms with Gasteiger partial charge < -0.3 is 5.32 Å². The number of amides is 1. The van der Waals surface area contributed by atoms with Crippen molar-refractivity contribution in [3.05, 3.63) is 47.2 Å². The predicted molar refractivity (Wildman–Crippen MR) is 113 cm³/mol. The Morgan fingerprint density at radius 1 is 1.24 bits per heavy atom. The molecule has 1 aromatic carbocycles. The number of sulfone groups is 1. The summed E-state index contributed by atoms with van der Waals surface area (Å²) in [5.74, 6) is 0.751. The van der Waals surface area contributed by atoms with Gasteiger partial charge in [-0.05, 0) is 45.2 Å². The van der Waals surface area contributed by atoms with Crippen LogP contribution in [0.3, 0.4) is 0 Å². The fourth-order valence-electron chi connectivity index (χ4n) is 4.49. The SMILES string of the molecule is Cc1cccc(C2CCCN2CC(=O)Nc2cc(C)nn2C2CCS(=O)(=O)C2)c1. The number of carbonyl (C=O) groups excluding carboxylic acids is 1. The van der Waals surface area contributed by atoms with Crippen LogP contribution >= 0.6 is 0 Å². The topological polar surface area (TPSA) is 84.3 Å². The first-order chi connectivity index (χ1) is 13.8. The van der Waals surface area contributed by atoms with E-state index >= 15 is 0 Å². The van der Waals surface area contributed by atoms with E-state index in [1.54, 1.807) is 4.68 Å². The number of nitrogens with zero attached hydrogens (tertiary/aromatic N) is 3. The average molecular weight is 417 g/mol. The summed E-state index contributed by atoms with van der Waals surface area (Å²) >= 11 is 0. The van der Waals surface area contributed by atoms with Gasteiger partial charge in [0.2, 0.25) is 5.91 Å². The van der Waals surface area contributed by atoms with E-state index in [4.69, 9.17) is 0 Å². The summed E-state index contributed by atoms with van der Waals surface area (Å²) in [6, 6.07) is 10.3. The third kappa shape index (κ3) is 4.53. The Morgan fingerprint density at radius 2 is 2.07 bits per heavy atom. The minimum Gasteiger partial charge on any atom is -0.310 e. The number of anilines is 1. The fourth-order valence-corrected chi connectivity index (χ4v) is 6.19. The van der Waals surface area contributed by atoms with Gasteiger partial charge in [-0.1, -0.05) is 29.8 Å². The first kappa shape index (κ1) is 20.1. The lowest BCUT2D eigenvalue weighted by Crippen LogP contribution is -2.33. The Hall–Kier alpha value is -2.19. The van der Waals surface area contributed by atoms with Crippen LogP contribution in [0.4, 0.5) is 5.82 Å². The van der Waals surface area contributed by atoms with Crippen molar-refractivity contribution in [3.63, 3.8) is 0 Å². The Morgan fingerprint density at radius 3 is 2.79 bits per heavy atom. The number of rotatable bonds is 5. The minimum absolute atomic E-state index is 0.0819. The van der Waals surface area contributed by atoms with Gasteiger partial charge in [-0.15, -0.1) is 0 Å². The Labute approximate surface area is 172 Å². The zero-order valence-electron chi connectivity index (χ0n) is 17.0. The number of nitrogens with one attached hydrogen (secondary N) is 1. The molecular formula is C21H28N4O3S. The number of carbonyl (C=O) groups is 1. The van der Waals surface area contributed by atoms with Crippen LogP contribution in [0.25, 0.3) is 0 Å². The van der Waals surface area contributed by atoms with Gasteiger partial charge in [0.1, 0.15) is 5.82 Å². The molecule has 1 amide bonds. The summed E-state index contributed by atoms with van der Waals surface area (Å²) in [7, 11) is -3.02. The minimum atomic E-state index is -3.02. The molecule has 2 aliphatic rings. The number of aromatic nitrogens is 2. The van der Waals surface area contributed by atoms with Crippen molar-refractivity contribution >= 4 is 21.6 Å². The van der Waals surface area contributed by atoms with Crippen molar-refractivity contribution < 1.29 is 13.2 Å². The second-order valence-electron chi connectivity index (χ2n) is 8.26. The van der Waals surface area contributed by atoms with Gasteiger partial charge in [0.05, 0.1) is 29.8 Å². The van der Waals surface area contributed by atoms with Crippen LogP contribution in [0.15, 0.2) is 30.3 Å². The van der Waals surface area contributed by atoms with E-state index in [9.17, 15) is 13.2 Å². The summed E-state index contributed by atoms with van der Waals surface area (Å²) in [5, 5.41) is 7.41. The van der Waals surface area contributed by atoms with Gasteiger partial charge in [-0.2, -0.15) is 5.10 Å². The van der Waals surface area contributed by atoms with E-state index in [-0.39, 0.29) is 29.5 Å². The molecule has 4 rings (SSSR count). The number of aryl methyl sites for hydroxylation is 2. The van der Waals surface area contributed by atoms with Crippen LogP contribution in [0, 0.1) is 13.8 Å². The van der Waals surface area contributed by atoms with Crippen LogP contribution in [0.1, 0.15) is 48.2 Å². The Bertz CT molecular complexity index is 1010. The number of likely N-dealkylation sites (tertiary alicyclic amines) is 1. The third-order valence-corrected chi connectivity index (χ3v) is 7.57. The van der Waals surface area contributed by atoms with Crippen molar-refractivity contribution in [2.75, 3.05) is 29.9 Å². The quantitative estimate of drug-likeness (QED) is 0.810. The monoisotopic (exact) mass is 416 g/mol. The molecule has 0 spiro atoms. The van der Waals surface area contributed by atoms with Gasteiger partial charge in [0, 0.05) is 12.1 Å². The number of hydrogen-bond donors (Lipinski definition) is 1. The Balaban J connectivity index is 1.45. The average Bonchev–Trinajstić information content (AvgIpc) is 3.34. The van der Waals surface area contributed by atoms with Gasteiger partial charge >= 0.3 is 0 Å². The van der Waals surface area contributed by atoms with Crippen LogP contribution in [-0.2, 0) is 14.6 Å². The molecule has 3 heterocycles. The van der Waals surface area contributed by atoms with Crippen LogP contribution in [0.5, 0.6) is 0 Å². The van der Waals surface area contributed by atoms with E-state index in [0.717, 1.165) is 25.1 Å². The van der Waals surface area contributed by atoms with Gasteiger partial charge in [0.25, 0.3) is 0 Å². The lowest BCUT2D eigenvalue weighted by molar-refractivity contribution is -0.117. The largest absolute Gasteiger partial charge is 0.310 e. The van der Waals surface area contributed by atoms with E-state index < -0.39 is 9.84 Å². The maximum Gasteiger partial charge on any atom is 0.239 e. The fraction of sp³-hybridized carbons (Fsp3) is 0.524. The molecule has 1 N–H and O–H groups in total. The van der Waals surface area contributed by atoms with Crippen molar-refractivity contribution in [2.24, 2.45) is 0 Å². The van der Waals surface area contributed by atoms with E-state index in [2.05, 4.69) is 46.5 Å². The summed E-state index contributed by atoms with van der Waals surface area (Å²) in [6.45, 7) is 5.14. The molecule has 29 heavy (non-hydrogen) atoms. The molecule has 7 nitrogen and oxygen atoms in total. The molecule has 0 radical (unpaired) electrons. The predicted octanol–water partition coefficient (Wildman–Crippen LogP) is 2.64. The molecule has 2 fully saturated rings. The molecule has 1 aromatic heterocycles. The lowest BCUT2D eigenvalue weighted by atomic mass is 10.0. The highest BCUT2D eigenvalue weighted by Crippen LogP contribution is 2.32. The number of benzene rings is 1. The second-order valence-corrected chi connectivity index (χ2v) is 10.5. The molecule has 2 aliphatic heterocycles. The number of hydrogen-bond acceptors (Lipinski definition) is 5. The molecule has 2 atom stereocenters. The molecule has 8 heteroatoms. The molecular weight excluding hydrogens is 388 g/mol. The Kier molecular flexibility index (Phi) is 5.48. The van der Waals surface area contributed by atoms with Gasteiger partial charge in [0.15, 0.2) is 9.84 Å². The highest BCUT2D eigenvalue weighted by atomic mass is 32.2. The highest BCUT2D eigenvalue weighted by Gasteiger charge is 2.32. The smallest absolute Gasteiger partial charge is 0.239 e. The van der Waals surface area contributed by atoms with Crippen LogP contribution in [-0.4, -0.2) is 53.6 Å². The van der Waals surface area contributed by atoms with Gasteiger partial charge in [-0.3, -0.25) is 9.69 Å². The third-order valence-electron chi connectivity index (χ3n) is 5.82. The van der Waals surface area contributed by atoms with Crippen molar-refractivity contribution in [1.82, 2.24) is 14.7 Å². The van der Waals surface area contributed by atoms with Gasteiger partial charge in [-0.25, -0.2) is 13.1 Å². The van der Waals surface area contributed by atoms with E-state index in [0.29, 0.717) is 18.8 Å². The summed E-state index contributed by atoms with van der Waals surface area (Å²) in [6.07, 6.45) is 2.66. The lowest BCUT2D eigenvalue weighted by Gasteiger charge is -2.24. The standard InChI is InChI=1S/C21H28N4O3S/c1-15-5-3-6-17(11-15)19-7-4-9-24(19)13-21(26)22-20-12-16(2)23-25(20)18-8-10-29(27,28)14-18/h3,5-6,11-12,18-19H,4,7-10,13-14H2,1-2H3,(H,22,26). The zero-order valence-corrected chi connectivity index (χ0v) is 17.8. The first-order valence-corrected chi connectivity index (χ1v) is 12.0. The van der Waals surface area contributed by atoms with Crippen molar-refractivity contribution in [2.45, 2.75) is 45.2 Å². The van der Waals surface area contributed by atoms with E-state index in [1.165, 1.54) is 11.1 Å². The normalized spacial score (nSPS) is 24.1. The molecule has 0 saturated carbocycles. The maximum absolute atomic E-state index is 12.8. The maximum atomic E-state index is 12.8.